The highest BCUT2D eigenvalue weighted by molar-refractivity contribution is 5.96. The second kappa shape index (κ2) is 5.07. The molecule has 78 valence electrons. The highest BCUT2D eigenvalue weighted by Crippen LogP contribution is 2.10. The molecular formula is C9H7F2N3O. The lowest BCUT2D eigenvalue weighted by Gasteiger charge is -1.99. The van der Waals surface area contributed by atoms with Gasteiger partial charge in [0.1, 0.15) is 0 Å². The van der Waals surface area contributed by atoms with Crippen molar-refractivity contribution < 1.29 is 13.6 Å². The van der Waals surface area contributed by atoms with Crippen LogP contribution in [0.5, 0.6) is 0 Å². The molecule has 0 aliphatic rings. The summed E-state index contributed by atoms with van der Waals surface area (Å²) in [4.78, 5) is 13.8. The van der Waals surface area contributed by atoms with E-state index in [1.165, 1.54) is 6.07 Å². The lowest BCUT2D eigenvalue weighted by Crippen LogP contribution is -2.02. The van der Waals surface area contributed by atoms with Crippen molar-refractivity contribution in [1.29, 1.82) is 0 Å². The summed E-state index contributed by atoms with van der Waals surface area (Å²) in [6.45, 7) is 0.00826. The summed E-state index contributed by atoms with van der Waals surface area (Å²) < 4.78 is 25.2. The molecule has 0 fully saturated rings. The third-order valence-corrected chi connectivity index (χ3v) is 1.74. The van der Waals surface area contributed by atoms with Crippen molar-refractivity contribution in [2.24, 2.45) is 5.11 Å². The standard InChI is InChI=1S/C9H7F2N3O/c10-7-2-1-6(5-8(7)11)9(15)3-4-13-14-12/h1-2,5H,3-4H2. The number of carbonyl (C=O) groups excluding carboxylic acids is 1. The van der Waals surface area contributed by atoms with Crippen LogP contribution in [0.4, 0.5) is 8.78 Å². The van der Waals surface area contributed by atoms with Crippen LogP contribution in [-0.4, -0.2) is 12.3 Å². The molecule has 1 rings (SSSR count). The van der Waals surface area contributed by atoms with Crippen LogP contribution < -0.4 is 0 Å². The molecule has 0 N–H and O–H groups in total. The van der Waals surface area contributed by atoms with Crippen LogP contribution in [-0.2, 0) is 0 Å². The van der Waals surface area contributed by atoms with E-state index in [1.807, 2.05) is 0 Å². The number of benzene rings is 1. The number of nitrogens with zero attached hydrogens (tertiary/aromatic N) is 3. The largest absolute Gasteiger partial charge is 0.294 e. The number of ketones is 1. The number of hydrogen-bond acceptors (Lipinski definition) is 2. The Hall–Kier alpha value is -1.94. The maximum Gasteiger partial charge on any atom is 0.163 e. The van der Waals surface area contributed by atoms with Crippen molar-refractivity contribution in [3.05, 3.63) is 45.8 Å². The average Bonchev–Trinajstić information content (AvgIpc) is 2.22. The summed E-state index contributed by atoms with van der Waals surface area (Å²) in [5.41, 5.74) is 8.04. The number of rotatable bonds is 4. The highest BCUT2D eigenvalue weighted by Gasteiger charge is 2.08. The highest BCUT2D eigenvalue weighted by atomic mass is 19.2. The molecule has 0 radical (unpaired) electrons. The van der Waals surface area contributed by atoms with Gasteiger partial charge < -0.3 is 0 Å². The lowest BCUT2D eigenvalue weighted by molar-refractivity contribution is 0.0985. The Kier molecular flexibility index (Phi) is 3.76. The zero-order chi connectivity index (χ0) is 11.3. The van der Waals surface area contributed by atoms with Crippen molar-refractivity contribution in [3.8, 4) is 0 Å². The van der Waals surface area contributed by atoms with E-state index in [-0.39, 0.29) is 24.3 Å². The van der Waals surface area contributed by atoms with Crippen molar-refractivity contribution >= 4 is 5.78 Å². The predicted octanol–water partition coefficient (Wildman–Crippen LogP) is 2.85. The van der Waals surface area contributed by atoms with Gasteiger partial charge in [-0.1, -0.05) is 5.11 Å². The molecule has 0 spiro atoms. The van der Waals surface area contributed by atoms with Crippen LogP contribution in [0.2, 0.25) is 0 Å². The predicted molar refractivity (Wildman–Crippen MR) is 49.3 cm³/mol. The minimum atomic E-state index is -1.07. The van der Waals surface area contributed by atoms with Crippen LogP contribution >= 0.6 is 0 Å². The summed E-state index contributed by atoms with van der Waals surface area (Å²) in [7, 11) is 0. The Morgan fingerprint density at radius 2 is 2.13 bits per heavy atom. The fourth-order valence-corrected chi connectivity index (χ4v) is 1.01. The van der Waals surface area contributed by atoms with Gasteiger partial charge in [-0.05, 0) is 23.7 Å². The van der Waals surface area contributed by atoms with E-state index in [0.717, 1.165) is 12.1 Å². The van der Waals surface area contributed by atoms with Crippen LogP contribution in [0.25, 0.3) is 10.4 Å². The Morgan fingerprint density at radius 3 is 2.73 bits per heavy atom. The van der Waals surface area contributed by atoms with E-state index >= 15 is 0 Å². The molecular weight excluding hydrogens is 204 g/mol. The fourth-order valence-electron chi connectivity index (χ4n) is 1.01. The zero-order valence-corrected chi connectivity index (χ0v) is 7.65. The minimum absolute atomic E-state index is 0.00826. The Bertz CT molecular complexity index is 427. The first-order valence-corrected chi connectivity index (χ1v) is 4.14. The van der Waals surface area contributed by atoms with E-state index in [0.29, 0.717) is 0 Å². The van der Waals surface area contributed by atoms with Gasteiger partial charge in [-0.2, -0.15) is 0 Å². The van der Waals surface area contributed by atoms with Crippen LogP contribution in [0.15, 0.2) is 23.3 Å². The SMILES string of the molecule is [N-]=[N+]=NCCC(=O)c1ccc(F)c(F)c1. The van der Waals surface area contributed by atoms with Gasteiger partial charge >= 0.3 is 0 Å². The molecule has 1 aromatic carbocycles. The molecule has 0 unspecified atom stereocenters. The molecule has 0 heterocycles. The third kappa shape index (κ3) is 3.03. The Morgan fingerprint density at radius 1 is 1.40 bits per heavy atom. The summed E-state index contributed by atoms with van der Waals surface area (Å²) in [6.07, 6.45) is -0.0187. The number of Topliss-reactive ketones (excluding diaryl/α,β-unsaturated/α-hetero) is 1. The van der Waals surface area contributed by atoms with Crippen molar-refractivity contribution in [2.45, 2.75) is 6.42 Å². The lowest BCUT2D eigenvalue weighted by atomic mass is 10.1. The molecule has 15 heavy (non-hydrogen) atoms. The first-order valence-electron chi connectivity index (χ1n) is 4.14. The van der Waals surface area contributed by atoms with Crippen LogP contribution in [0.1, 0.15) is 16.8 Å². The second-order valence-electron chi connectivity index (χ2n) is 2.76. The summed E-state index contributed by atoms with van der Waals surface area (Å²) in [6, 6.07) is 2.90. The molecule has 0 aromatic heterocycles. The van der Waals surface area contributed by atoms with E-state index in [9.17, 15) is 13.6 Å². The smallest absolute Gasteiger partial charge is 0.163 e. The van der Waals surface area contributed by atoms with Crippen LogP contribution in [0.3, 0.4) is 0 Å². The van der Waals surface area contributed by atoms with E-state index in [4.69, 9.17) is 5.53 Å². The molecule has 6 heteroatoms. The van der Waals surface area contributed by atoms with E-state index in [2.05, 4.69) is 10.0 Å². The van der Waals surface area contributed by atoms with Gasteiger partial charge in [-0.25, -0.2) is 8.78 Å². The number of azide groups is 1. The Labute approximate surface area is 84.2 Å². The normalized spacial score (nSPS) is 9.47. The number of halogens is 2. The van der Waals surface area contributed by atoms with Gasteiger partial charge in [-0.3, -0.25) is 4.79 Å². The topological polar surface area (TPSA) is 65.8 Å². The van der Waals surface area contributed by atoms with E-state index in [1.54, 1.807) is 0 Å². The molecule has 0 atom stereocenters. The molecule has 0 aliphatic carbocycles. The third-order valence-electron chi connectivity index (χ3n) is 1.74. The van der Waals surface area contributed by atoms with Gasteiger partial charge in [0.2, 0.25) is 0 Å². The second-order valence-corrected chi connectivity index (χ2v) is 2.76. The van der Waals surface area contributed by atoms with Gasteiger partial charge in [0, 0.05) is 23.4 Å². The van der Waals surface area contributed by atoms with E-state index < -0.39 is 11.6 Å². The summed E-state index contributed by atoms with van der Waals surface area (Å²) >= 11 is 0. The molecule has 0 amide bonds. The van der Waals surface area contributed by atoms with Crippen molar-refractivity contribution in [1.82, 2.24) is 0 Å². The average molecular weight is 211 g/mol. The number of hydrogen-bond donors (Lipinski definition) is 0. The molecule has 4 nitrogen and oxygen atoms in total. The fraction of sp³-hybridized carbons (Fsp3) is 0.222. The minimum Gasteiger partial charge on any atom is -0.294 e. The van der Waals surface area contributed by atoms with Crippen LogP contribution in [0, 0.1) is 11.6 Å². The van der Waals surface area contributed by atoms with Gasteiger partial charge in [0.25, 0.3) is 0 Å². The first-order chi connectivity index (χ1) is 7.15. The quantitative estimate of drug-likeness (QED) is 0.327. The zero-order valence-electron chi connectivity index (χ0n) is 7.65. The van der Waals surface area contributed by atoms with Crippen molar-refractivity contribution in [2.75, 3.05) is 6.54 Å². The first kappa shape index (κ1) is 11.1. The summed E-state index contributed by atoms with van der Waals surface area (Å²) in [5, 5.41) is 3.17. The monoisotopic (exact) mass is 211 g/mol. The molecule has 0 aliphatic heterocycles. The van der Waals surface area contributed by atoms with Gasteiger partial charge in [-0.15, -0.1) is 0 Å². The maximum absolute atomic E-state index is 12.7. The molecule has 0 bridgehead atoms. The van der Waals surface area contributed by atoms with Gasteiger partial charge in [0.05, 0.1) is 0 Å². The Balaban J connectivity index is 2.74. The summed E-state index contributed by atoms with van der Waals surface area (Å²) in [5.74, 6) is -2.45. The van der Waals surface area contributed by atoms with Gasteiger partial charge in [0.15, 0.2) is 17.4 Å². The molecule has 0 saturated heterocycles. The molecule has 0 saturated carbocycles. The number of carbonyl (C=O) groups is 1. The maximum atomic E-state index is 12.7. The van der Waals surface area contributed by atoms with Crippen molar-refractivity contribution in [3.63, 3.8) is 0 Å². The molecule has 1 aromatic rings.